The van der Waals surface area contributed by atoms with Crippen molar-refractivity contribution in [2.24, 2.45) is 12.5 Å². The van der Waals surface area contributed by atoms with Crippen LogP contribution in [0, 0.1) is 5.41 Å². The fourth-order valence-corrected chi connectivity index (χ4v) is 2.34. The quantitative estimate of drug-likeness (QED) is 0.929. The fourth-order valence-electron chi connectivity index (χ4n) is 2.07. The first-order chi connectivity index (χ1) is 8.33. The number of benzene rings is 1. The Hall–Kier alpha value is -1.55. The number of para-hydroxylation sites is 1. The molecule has 2 aromatic rings. The van der Waals surface area contributed by atoms with Crippen molar-refractivity contribution >= 4 is 28.5 Å². The molecule has 1 aromatic carbocycles. The second-order valence-corrected chi connectivity index (χ2v) is 5.45. The van der Waals surface area contributed by atoms with Crippen LogP contribution in [0.15, 0.2) is 18.2 Å². The Morgan fingerprint density at radius 2 is 2.17 bits per heavy atom. The van der Waals surface area contributed by atoms with Gasteiger partial charge in [-0.05, 0) is 31.9 Å². The van der Waals surface area contributed by atoms with Gasteiger partial charge in [0.2, 0.25) is 0 Å². The number of nitrogens with zero attached hydrogens (tertiary/aromatic N) is 2. The van der Waals surface area contributed by atoms with Crippen molar-refractivity contribution in [1.82, 2.24) is 9.78 Å². The van der Waals surface area contributed by atoms with Crippen molar-refractivity contribution < 1.29 is 9.90 Å². The molecule has 1 heterocycles. The molecule has 0 saturated heterocycles. The van der Waals surface area contributed by atoms with E-state index in [4.69, 9.17) is 11.6 Å². The molecule has 5 heteroatoms. The van der Waals surface area contributed by atoms with Gasteiger partial charge in [-0.15, -0.1) is 0 Å². The summed E-state index contributed by atoms with van der Waals surface area (Å²) < 4.78 is 1.70. The summed E-state index contributed by atoms with van der Waals surface area (Å²) >= 11 is 6.04. The minimum Gasteiger partial charge on any atom is -0.481 e. The van der Waals surface area contributed by atoms with Gasteiger partial charge in [-0.3, -0.25) is 9.48 Å². The third-order valence-corrected chi connectivity index (χ3v) is 3.39. The largest absolute Gasteiger partial charge is 0.481 e. The van der Waals surface area contributed by atoms with Gasteiger partial charge in [0.25, 0.3) is 0 Å². The summed E-state index contributed by atoms with van der Waals surface area (Å²) in [6.45, 7) is 3.43. The Bertz CT molecular complexity index is 617. The SMILES string of the molecule is Cn1nc(Cl)c2cccc(CC(C)(C)C(=O)O)c21. The molecule has 2 rings (SSSR count). The monoisotopic (exact) mass is 266 g/mol. The van der Waals surface area contributed by atoms with E-state index in [0.717, 1.165) is 16.5 Å². The number of carbonyl (C=O) groups is 1. The molecule has 18 heavy (non-hydrogen) atoms. The molecule has 0 atom stereocenters. The molecule has 0 aliphatic heterocycles. The number of halogens is 1. The molecule has 0 amide bonds. The molecule has 96 valence electrons. The number of rotatable bonds is 3. The highest BCUT2D eigenvalue weighted by atomic mass is 35.5. The number of aromatic nitrogens is 2. The van der Waals surface area contributed by atoms with Crippen molar-refractivity contribution in [3.8, 4) is 0 Å². The lowest BCUT2D eigenvalue weighted by Crippen LogP contribution is -2.26. The van der Waals surface area contributed by atoms with E-state index in [0.29, 0.717) is 11.6 Å². The van der Waals surface area contributed by atoms with Crippen molar-refractivity contribution in [3.05, 3.63) is 28.9 Å². The summed E-state index contributed by atoms with van der Waals surface area (Å²) in [6, 6.07) is 5.69. The first kappa shape index (κ1) is 12.9. The molecule has 0 unspecified atom stereocenters. The minimum absolute atomic E-state index is 0.440. The van der Waals surface area contributed by atoms with Crippen LogP contribution < -0.4 is 0 Å². The summed E-state index contributed by atoms with van der Waals surface area (Å²) in [7, 11) is 1.81. The number of aryl methyl sites for hydroxylation is 1. The van der Waals surface area contributed by atoms with Crippen LogP contribution in [0.3, 0.4) is 0 Å². The molecule has 0 spiro atoms. The highest BCUT2D eigenvalue weighted by Crippen LogP contribution is 2.30. The van der Waals surface area contributed by atoms with Gasteiger partial charge in [0.15, 0.2) is 5.15 Å². The Morgan fingerprint density at radius 3 is 2.78 bits per heavy atom. The number of hydrogen-bond donors (Lipinski definition) is 1. The second-order valence-electron chi connectivity index (χ2n) is 5.09. The highest BCUT2D eigenvalue weighted by molar-refractivity contribution is 6.34. The van der Waals surface area contributed by atoms with E-state index in [9.17, 15) is 9.90 Å². The van der Waals surface area contributed by atoms with Crippen LogP contribution in [-0.4, -0.2) is 20.9 Å². The lowest BCUT2D eigenvalue weighted by molar-refractivity contribution is -0.146. The average Bonchev–Trinajstić information content (AvgIpc) is 2.55. The van der Waals surface area contributed by atoms with E-state index in [1.54, 1.807) is 18.5 Å². The van der Waals surface area contributed by atoms with Crippen LogP contribution >= 0.6 is 11.6 Å². The molecule has 4 nitrogen and oxygen atoms in total. The first-order valence-electron chi connectivity index (χ1n) is 5.66. The smallest absolute Gasteiger partial charge is 0.309 e. The Labute approximate surface area is 110 Å². The lowest BCUT2D eigenvalue weighted by Gasteiger charge is -2.19. The van der Waals surface area contributed by atoms with Crippen LogP contribution in [0.4, 0.5) is 0 Å². The van der Waals surface area contributed by atoms with Crippen LogP contribution in [0.5, 0.6) is 0 Å². The maximum Gasteiger partial charge on any atom is 0.309 e. The zero-order chi connectivity index (χ0) is 13.5. The van der Waals surface area contributed by atoms with Crippen molar-refractivity contribution in [3.63, 3.8) is 0 Å². The van der Waals surface area contributed by atoms with Crippen LogP contribution in [0.25, 0.3) is 10.9 Å². The Balaban J connectivity index is 2.56. The zero-order valence-electron chi connectivity index (χ0n) is 10.6. The van der Waals surface area contributed by atoms with Gasteiger partial charge in [-0.1, -0.05) is 23.7 Å². The summed E-state index contributed by atoms with van der Waals surface area (Å²) in [5, 5.41) is 14.7. The Morgan fingerprint density at radius 1 is 1.50 bits per heavy atom. The molecule has 1 aromatic heterocycles. The van der Waals surface area contributed by atoms with E-state index in [1.165, 1.54) is 0 Å². The molecule has 0 aliphatic carbocycles. The van der Waals surface area contributed by atoms with E-state index < -0.39 is 11.4 Å². The van der Waals surface area contributed by atoms with Crippen molar-refractivity contribution in [1.29, 1.82) is 0 Å². The van der Waals surface area contributed by atoms with Gasteiger partial charge < -0.3 is 5.11 Å². The molecule has 0 radical (unpaired) electrons. The lowest BCUT2D eigenvalue weighted by atomic mass is 9.85. The number of carboxylic acid groups (broad SMARTS) is 1. The molecule has 0 saturated carbocycles. The van der Waals surface area contributed by atoms with Gasteiger partial charge in [-0.2, -0.15) is 5.10 Å². The highest BCUT2D eigenvalue weighted by Gasteiger charge is 2.28. The summed E-state index contributed by atoms with van der Waals surface area (Å²) in [6.07, 6.45) is 0.440. The third-order valence-electron chi connectivity index (χ3n) is 3.11. The topological polar surface area (TPSA) is 55.1 Å². The Kier molecular flexibility index (Phi) is 3.07. The zero-order valence-corrected chi connectivity index (χ0v) is 11.3. The number of carboxylic acids is 1. The summed E-state index contributed by atoms with van der Waals surface area (Å²) in [5.41, 5.74) is 1.03. The van der Waals surface area contributed by atoms with Crippen LogP contribution in [0.2, 0.25) is 5.15 Å². The van der Waals surface area contributed by atoms with E-state index in [-0.39, 0.29) is 0 Å². The molecular formula is C13H15ClN2O2. The van der Waals surface area contributed by atoms with Gasteiger partial charge >= 0.3 is 5.97 Å². The predicted octanol–water partition coefficient (Wildman–Crippen LogP) is 2.88. The number of hydrogen-bond acceptors (Lipinski definition) is 2. The van der Waals surface area contributed by atoms with Gasteiger partial charge in [-0.25, -0.2) is 0 Å². The maximum atomic E-state index is 11.2. The van der Waals surface area contributed by atoms with E-state index in [1.807, 2.05) is 25.2 Å². The second kappa shape index (κ2) is 4.28. The van der Waals surface area contributed by atoms with Crippen molar-refractivity contribution in [2.45, 2.75) is 20.3 Å². The number of fused-ring (bicyclic) bond motifs is 1. The predicted molar refractivity (Wildman–Crippen MR) is 70.8 cm³/mol. The number of aliphatic carboxylic acids is 1. The molecule has 0 aliphatic rings. The molecular weight excluding hydrogens is 252 g/mol. The van der Waals surface area contributed by atoms with Crippen LogP contribution in [-0.2, 0) is 18.3 Å². The van der Waals surface area contributed by atoms with Gasteiger partial charge in [0.1, 0.15) is 0 Å². The van der Waals surface area contributed by atoms with Crippen LogP contribution in [0.1, 0.15) is 19.4 Å². The summed E-state index contributed by atoms with van der Waals surface area (Å²) in [4.78, 5) is 11.2. The molecule has 0 bridgehead atoms. The van der Waals surface area contributed by atoms with Gasteiger partial charge in [0.05, 0.1) is 10.9 Å². The summed E-state index contributed by atoms with van der Waals surface area (Å²) in [5.74, 6) is -0.812. The molecule has 0 fully saturated rings. The fraction of sp³-hybridized carbons (Fsp3) is 0.385. The standard InChI is InChI=1S/C13H15ClN2O2/c1-13(2,12(17)18)7-8-5-4-6-9-10(8)16(3)15-11(9)14/h4-6H,7H2,1-3H3,(H,17,18). The van der Waals surface area contributed by atoms with Gasteiger partial charge in [0, 0.05) is 12.4 Å². The average molecular weight is 267 g/mol. The van der Waals surface area contributed by atoms with Crippen molar-refractivity contribution in [2.75, 3.05) is 0 Å². The minimum atomic E-state index is -0.814. The third kappa shape index (κ3) is 2.08. The maximum absolute atomic E-state index is 11.2. The van der Waals surface area contributed by atoms with E-state index in [2.05, 4.69) is 5.10 Å². The van der Waals surface area contributed by atoms with E-state index >= 15 is 0 Å². The normalized spacial score (nSPS) is 12.0. The molecule has 1 N–H and O–H groups in total. The first-order valence-corrected chi connectivity index (χ1v) is 6.04.